The molecule has 0 unspecified atom stereocenters. The number of aryl methyl sites for hydroxylation is 1. The molecule has 1 aromatic carbocycles. The highest BCUT2D eigenvalue weighted by molar-refractivity contribution is 9.10. The zero-order valence-corrected chi connectivity index (χ0v) is 12.6. The van der Waals surface area contributed by atoms with Crippen LogP contribution in [0.3, 0.4) is 0 Å². The van der Waals surface area contributed by atoms with Crippen LogP contribution in [0.1, 0.15) is 5.56 Å². The minimum absolute atomic E-state index is 0.244. The number of halogens is 2. The van der Waals surface area contributed by atoms with Crippen LogP contribution in [0.4, 0.5) is 10.1 Å². The Bertz CT molecular complexity index is 545. The largest absolute Gasteiger partial charge is 0.332 e. The second kappa shape index (κ2) is 6.32. The van der Waals surface area contributed by atoms with Gasteiger partial charge in [-0.2, -0.15) is 0 Å². The minimum Gasteiger partial charge on any atom is -0.332 e. The molecule has 1 aromatic rings. The van der Waals surface area contributed by atoms with Gasteiger partial charge < -0.3 is 15.5 Å². The number of carbonyl (C=O) groups is 2. The van der Waals surface area contributed by atoms with Crippen LogP contribution in [0.15, 0.2) is 16.6 Å². The Kier molecular flexibility index (Phi) is 4.72. The van der Waals surface area contributed by atoms with Crippen molar-refractivity contribution in [3.8, 4) is 0 Å². The second-order valence-corrected chi connectivity index (χ2v) is 5.43. The molecule has 0 atom stereocenters. The van der Waals surface area contributed by atoms with Gasteiger partial charge >= 0.3 is 11.8 Å². The first-order valence-corrected chi connectivity index (χ1v) is 7.05. The smallest absolute Gasteiger partial charge is 0.313 e. The summed E-state index contributed by atoms with van der Waals surface area (Å²) in [6.07, 6.45) is 0. The number of piperazine rings is 1. The van der Waals surface area contributed by atoms with Gasteiger partial charge in [-0.1, -0.05) is 0 Å². The van der Waals surface area contributed by atoms with E-state index in [0.717, 1.165) is 0 Å². The fourth-order valence-electron chi connectivity index (χ4n) is 1.97. The summed E-state index contributed by atoms with van der Waals surface area (Å²) in [6.45, 7) is 4.05. The van der Waals surface area contributed by atoms with Gasteiger partial charge in [-0.25, -0.2) is 4.39 Å². The van der Waals surface area contributed by atoms with Gasteiger partial charge in [0.25, 0.3) is 0 Å². The Balaban J connectivity index is 2.07. The Morgan fingerprint density at radius 1 is 1.35 bits per heavy atom. The number of carbonyl (C=O) groups excluding carboxylic acids is 2. The van der Waals surface area contributed by atoms with Crippen LogP contribution in [0.2, 0.25) is 0 Å². The normalized spacial score (nSPS) is 15.1. The Morgan fingerprint density at radius 2 is 2.00 bits per heavy atom. The summed E-state index contributed by atoms with van der Waals surface area (Å²) in [7, 11) is 0. The van der Waals surface area contributed by atoms with Crippen molar-refractivity contribution in [2.45, 2.75) is 6.92 Å². The molecule has 1 heterocycles. The second-order valence-electron chi connectivity index (χ2n) is 4.58. The van der Waals surface area contributed by atoms with Crippen molar-refractivity contribution in [3.63, 3.8) is 0 Å². The summed E-state index contributed by atoms with van der Waals surface area (Å²) >= 11 is 3.05. The molecule has 0 saturated carbocycles. The highest BCUT2D eigenvalue weighted by Gasteiger charge is 2.23. The number of hydrogen-bond donors (Lipinski definition) is 2. The molecule has 108 valence electrons. The molecule has 0 aliphatic carbocycles. The molecule has 0 radical (unpaired) electrons. The number of hydrogen-bond acceptors (Lipinski definition) is 3. The van der Waals surface area contributed by atoms with Crippen LogP contribution >= 0.6 is 15.9 Å². The third-order valence-corrected chi connectivity index (χ3v) is 3.72. The van der Waals surface area contributed by atoms with Gasteiger partial charge in [0.2, 0.25) is 0 Å². The quantitative estimate of drug-likeness (QED) is 0.755. The van der Waals surface area contributed by atoms with E-state index in [2.05, 4.69) is 26.6 Å². The molecule has 1 saturated heterocycles. The molecule has 20 heavy (non-hydrogen) atoms. The maximum absolute atomic E-state index is 13.3. The van der Waals surface area contributed by atoms with Gasteiger partial charge in [0.15, 0.2) is 0 Å². The maximum atomic E-state index is 13.3. The van der Waals surface area contributed by atoms with E-state index in [1.54, 1.807) is 6.92 Å². The third-order valence-electron chi connectivity index (χ3n) is 3.11. The average Bonchev–Trinajstić information content (AvgIpc) is 2.44. The van der Waals surface area contributed by atoms with Crippen molar-refractivity contribution in [3.05, 3.63) is 28.0 Å². The van der Waals surface area contributed by atoms with Crippen molar-refractivity contribution in [2.24, 2.45) is 0 Å². The van der Waals surface area contributed by atoms with Crippen molar-refractivity contribution in [1.29, 1.82) is 0 Å². The van der Waals surface area contributed by atoms with E-state index in [9.17, 15) is 14.0 Å². The number of amides is 2. The summed E-state index contributed by atoms with van der Waals surface area (Å²) < 4.78 is 13.5. The Labute approximate surface area is 124 Å². The molecule has 2 rings (SSSR count). The van der Waals surface area contributed by atoms with Crippen molar-refractivity contribution in [1.82, 2.24) is 10.2 Å². The highest BCUT2D eigenvalue weighted by Crippen LogP contribution is 2.24. The summed E-state index contributed by atoms with van der Waals surface area (Å²) in [5.74, 6) is -1.67. The summed E-state index contributed by atoms with van der Waals surface area (Å²) in [5, 5.41) is 5.64. The lowest BCUT2D eigenvalue weighted by atomic mass is 10.2. The van der Waals surface area contributed by atoms with E-state index in [-0.39, 0.29) is 4.47 Å². The van der Waals surface area contributed by atoms with Gasteiger partial charge in [-0.15, -0.1) is 0 Å². The first-order chi connectivity index (χ1) is 9.49. The zero-order chi connectivity index (χ0) is 14.7. The molecule has 0 spiro atoms. The fraction of sp³-hybridized carbons (Fsp3) is 0.385. The predicted octanol–water partition coefficient (Wildman–Crippen LogP) is 1.27. The van der Waals surface area contributed by atoms with Crippen LogP contribution in [0.25, 0.3) is 0 Å². The van der Waals surface area contributed by atoms with Gasteiger partial charge in [0.1, 0.15) is 5.82 Å². The minimum atomic E-state index is -0.700. The highest BCUT2D eigenvalue weighted by atomic mass is 79.9. The number of nitrogens with zero attached hydrogens (tertiary/aromatic N) is 1. The molecule has 0 aromatic heterocycles. The van der Waals surface area contributed by atoms with E-state index in [1.165, 1.54) is 17.0 Å². The van der Waals surface area contributed by atoms with Crippen molar-refractivity contribution < 1.29 is 14.0 Å². The SMILES string of the molecule is Cc1cc(F)c(Br)cc1NC(=O)C(=O)N1CCNCC1. The molecule has 2 N–H and O–H groups in total. The lowest BCUT2D eigenvalue weighted by Crippen LogP contribution is -2.49. The van der Waals surface area contributed by atoms with E-state index in [1.807, 2.05) is 0 Å². The van der Waals surface area contributed by atoms with Crippen LogP contribution < -0.4 is 10.6 Å². The maximum Gasteiger partial charge on any atom is 0.313 e. The van der Waals surface area contributed by atoms with E-state index in [0.29, 0.717) is 37.4 Å². The van der Waals surface area contributed by atoms with Crippen LogP contribution in [-0.2, 0) is 9.59 Å². The zero-order valence-electron chi connectivity index (χ0n) is 11.0. The van der Waals surface area contributed by atoms with E-state index >= 15 is 0 Å². The third kappa shape index (κ3) is 3.34. The first-order valence-electron chi connectivity index (χ1n) is 6.25. The van der Waals surface area contributed by atoms with E-state index < -0.39 is 17.6 Å². The number of nitrogens with one attached hydrogen (secondary N) is 2. The summed E-state index contributed by atoms with van der Waals surface area (Å²) in [4.78, 5) is 25.4. The summed E-state index contributed by atoms with van der Waals surface area (Å²) in [5.41, 5.74) is 0.985. The summed E-state index contributed by atoms with van der Waals surface area (Å²) in [6, 6.07) is 2.75. The van der Waals surface area contributed by atoms with Gasteiger partial charge in [0, 0.05) is 31.9 Å². The van der Waals surface area contributed by atoms with Gasteiger partial charge in [0.05, 0.1) is 4.47 Å². The number of rotatable bonds is 1. The molecule has 5 nitrogen and oxygen atoms in total. The lowest BCUT2D eigenvalue weighted by molar-refractivity contribution is -0.143. The molecule has 2 amide bonds. The van der Waals surface area contributed by atoms with Crippen molar-refractivity contribution >= 4 is 33.4 Å². The van der Waals surface area contributed by atoms with Crippen LogP contribution in [-0.4, -0.2) is 42.9 Å². The molecular weight excluding hydrogens is 329 g/mol. The first kappa shape index (κ1) is 14.9. The van der Waals surface area contributed by atoms with Gasteiger partial charge in [-0.05, 0) is 40.5 Å². The molecular formula is C13H15BrFN3O2. The number of benzene rings is 1. The van der Waals surface area contributed by atoms with Crippen LogP contribution in [0, 0.1) is 12.7 Å². The standard InChI is InChI=1S/C13H15BrFN3O2/c1-8-6-10(15)9(14)7-11(8)17-12(19)13(20)18-4-2-16-3-5-18/h6-7,16H,2-5H2,1H3,(H,17,19). The molecule has 1 aliphatic heterocycles. The molecule has 0 bridgehead atoms. The van der Waals surface area contributed by atoms with Crippen LogP contribution in [0.5, 0.6) is 0 Å². The topological polar surface area (TPSA) is 61.4 Å². The average molecular weight is 344 g/mol. The van der Waals surface area contributed by atoms with Crippen molar-refractivity contribution in [2.75, 3.05) is 31.5 Å². The fourth-order valence-corrected chi connectivity index (χ4v) is 2.31. The monoisotopic (exact) mass is 343 g/mol. The molecule has 7 heteroatoms. The Morgan fingerprint density at radius 3 is 2.65 bits per heavy atom. The molecule has 1 fully saturated rings. The number of anilines is 1. The van der Waals surface area contributed by atoms with E-state index in [4.69, 9.17) is 0 Å². The lowest BCUT2D eigenvalue weighted by Gasteiger charge is -2.26. The van der Waals surface area contributed by atoms with Gasteiger partial charge in [-0.3, -0.25) is 9.59 Å². The Hall–Kier alpha value is -1.47. The molecule has 1 aliphatic rings. The predicted molar refractivity (Wildman–Crippen MR) is 76.9 cm³/mol.